The first-order valence-electron chi connectivity index (χ1n) is 6.15. The van der Waals surface area contributed by atoms with Gasteiger partial charge in [-0.2, -0.15) is 0 Å². The summed E-state index contributed by atoms with van der Waals surface area (Å²) < 4.78 is 0. The van der Waals surface area contributed by atoms with E-state index in [9.17, 15) is 10.2 Å². The van der Waals surface area contributed by atoms with E-state index in [1.54, 1.807) is 0 Å². The molecule has 0 heterocycles. The molecule has 16 heavy (non-hydrogen) atoms. The molecular weight excluding hydrogens is 191 g/mol. The van der Waals surface area contributed by atoms with Gasteiger partial charge >= 0.3 is 0 Å². The molecule has 0 atom stereocenters. The molecule has 0 aromatic carbocycles. The second-order valence-corrected chi connectivity index (χ2v) is 7.75. The molecule has 0 unspecified atom stereocenters. The predicted molar refractivity (Wildman–Crippen MR) is 90.9 cm³/mol. The minimum absolute atomic E-state index is 0.0401. The lowest BCUT2D eigenvalue weighted by Crippen LogP contribution is -2.64. The second kappa shape index (κ2) is 3.26. The standard InChI is InChI=1S/C6H20B8O2/c7-2(8)1-3(15,16)5(11,12)6(13,14)4(2,9)10/h15-16H,1,7-14H2. The van der Waals surface area contributed by atoms with Crippen LogP contribution in [0.4, 0.5) is 0 Å². The summed E-state index contributed by atoms with van der Waals surface area (Å²) in [6, 6.07) is 0. The Morgan fingerprint density at radius 3 is 1.38 bits per heavy atom. The Hall–Kier alpha value is 0.439. The van der Waals surface area contributed by atoms with Crippen molar-refractivity contribution in [2.24, 2.45) is 0 Å². The molecule has 0 saturated heterocycles. The maximum absolute atomic E-state index is 10.4. The molecule has 1 aliphatic carbocycles. The Kier molecular flexibility index (Phi) is 2.95. The molecule has 1 rings (SSSR count). The Morgan fingerprint density at radius 1 is 0.625 bits per heavy atom. The third-order valence-corrected chi connectivity index (χ3v) is 6.51. The molecule has 0 spiro atoms. The van der Waals surface area contributed by atoms with Crippen LogP contribution in [0.1, 0.15) is 6.42 Å². The summed E-state index contributed by atoms with van der Waals surface area (Å²) >= 11 is 0. The Balaban J connectivity index is 3.43. The van der Waals surface area contributed by atoms with Gasteiger partial charge in [0, 0.05) is 0 Å². The Morgan fingerprint density at radius 2 is 1.00 bits per heavy atom. The maximum Gasteiger partial charge on any atom is 0.152 e. The minimum Gasteiger partial charge on any atom is -0.367 e. The van der Waals surface area contributed by atoms with E-state index in [1.807, 2.05) is 15.7 Å². The van der Waals surface area contributed by atoms with Crippen molar-refractivity contribution in [3.63, 3.8) is 0 Å². The van der Waals surface area contributed by atoms with Gasteiger partial charge in [0.15, 0.2) is 5.79 Å². The van der Waals surface area contributed by atoms with Gasteiger partial charge in [0.25, 0.3) is 0 Å². The van der Waals surface area contributed by atoms with E-state index in [2.05, 4.69) is 47.1 Å². The van der Waals surface area contributed by atoms with Crippen LogP contribution < -0.4 is 0 Å². The average molecular weight is 211 g/mol. The van der Waals surface area contributed by atoms with Crippen molar-refractivity contribution in [3.8, 4) is 0 Å². The first-order chi connectivity index (χ1) is 6.71. The maximum atomic E-state index is 10.4. The number of hydrogen-bond donors (Lipinski definition) is 2. The summed E-state index contributed by atoms with van der Waals surface area (Å²) in [5, 5.41) is 20.0. The van der Waals surface area contributed by atoms with Gasteiger partial charge in [0.1, 0.15) is 15.7 Å². The van der Waals surface area contributed by atoms with Crippen molar-refractivity contribution >= 4 is 62.8 Å². The van der Waals surface area contributed by atoms with Crippen molar-refractivity contribution in [3.05, 3.63) is 0 Å². The van der Waals surface area contributed by atoms with Gasteiger partial charge in [-0.3, -0.25) is 0 Å². The van der Waals surface area contributed by atoms with Crippen molar-refractivity contribution in [2.45, 2.75) is 33.1 Å². The monoisotopic (exact) mass is 212 g/mol. The SMILES string of the molecule is BC1(B)CC(O)(O)C(B)(B)C(B)(B)C1(B)B. The van der Waals surface area contributed by atoms with Crippen molar-refractivity contribution in [1.29, 1.82) is 0 Å². The normalized spacial score (nSPS) is 32.9. The molecule has 0 amide bonds. The lowest BCUT2D eigenvalue weighted by molar-refractivity contribution is -0.196. The van der Waals surface area contributed by atoms with Crippen LogP contribution in [0.25, 0.3) is 0 Å². The largest absolute Gasteiger partial charge is 0.367 e. The Bertz CT molecular complexity index is 282. The number of rotatable bonds is 0. The lowest BCUT2D eigenvalue weighted by atomic mass is 9.07. The van der Waals surface area contributed by atoms with Gasteiger partial charge < -0.3 is 10.2 Å². The summed E-state index contributed by atoms with van der Waals surface area (Å²) in [5.74, 6) is -1.60. The van der Waals surface area contributed by atoms with Crippen molar-refractivity contribution < 1.29 is 10.2 Å². The van der Waals surface area contributed by atoms with Crippen LogP contribution in [0.15, 0.2) is 0 Å². The second-order valence-electron chi connectivity index (χ2n) is 7.75. The molecule has 1 aliphatic rings. The molecule has 0 aromatic rings. The third kappa shape index (κ3) is 1.45. The predicted octanol–water partition coefficient (Wildman–Crippen LogP) is -7.40. The highest BCUT2D eigenvalue weighted by molar-refractivity contribution is 6.66. The zero-order valence-electron chi connectivity index (χ0n) is 12.1. The van der Waals surface area contributed by atoms with Gasteiger partial charge in [0.2, 0.25) is 0 Å². The summed E-state index contributed by atoms with van der Waals surface area (Å²) in [5.41, 5.74) is 0. The van der Waals surface area contributed by atoms with Gasteiger partial charge in [0.05, 0.1) is 47.1 Å². The Labute approximate surface area is 106 Å². The van der Waals surface area contributed by atoms with Crippen LogP contribution in [-0.2, 0) is 0 Å². The van der Waals surface area contributed by atoms with E-state index in [-0.39, 0.29) is 15.6 Å². The van der Waals surface area contributed by atoms with Gasteiger partial charge in [-0.15, -0.1) is 5.21 Å². The van der Waals surface area contributed by atoms with Crippen molar-refractivity contribution in [1.82, 2.24) is 0 Å². The third-order valence-electron chi connectivity index (χ3n) is 6.51. The van der Waals surface area contributed by atoms with E-state index >= 15 is 0 Å². The van der Waals surface area contributed by atoms with Gasteiger partial charge in [-0.1, -0.05) is 10.4 Å². The first kappa shape index (κ1) is 14.5. The highest BCUT2D eigenvalue weighted by atomic mass is 16.5. The van der Waals surface area contributed by atoms with Gasteiger partial charge in [-0.05, 0) is 11.6 Å². The molecule has 2 N–H and O–H groups in total. The average Bonchev–Trinajstić information content (AvgIpc) is 1.98. The number of hydrogen-bond acceptors (Lipinski definition) is 2. The molecule has 0 aliphatic heterocycles. The van der Waals surface area contributed by atoms with Gasteiger partial charge in [-0.25, -0.2) is 0 Å². The number of aliphatic hydroxyl groups is 2. The zero-order chi connectivity index (χ0) is 13.2. The molecule has 80 valence electrons. The molecule has 1 fully saturated rings. The van der Waals surface area contributed by atoms with Crippen LogP contribution in [0, 0.1) is 0 Å². The first-order valence-corrected chi connectivity index (χ1v) is 6.15. The summed E-state index contributed by atoms with van der Waals surface area (Å²) in [4.78, 5) is 0. The highest BCUT2D eigenvalue weighted by Crippen LogP contribution is 2.73. The summed E-state index contributed by atoms with van der Waals surface area (Å²) in [6.45, 7) is 0. The fourth-order valence-electron chi connectivity index (χ4n) is 3.19. The topological polar surface area (TPSA) is 40.5 Å². The molecule has 0 aromatic heterocycles. The van der Waals surface area contributed by atoms with Crippen molar-refractivity contribution in [2.75, 3.05) is 0 Å². The fourth-order valence-corrected chi connectivity index (χ4v) is 3.19. The molecule has 2 nitrogen and oxygen atoms in total. The fraction of sp³-hybridized carbons (Fsp3) is 1.00. The molecule has 0 bridgehead atoms. The van der Waals surface area contributed by atoms with Crippen LogP contribution >= 0.6 is 0 Å². The van der Waals surface area contributed by atoms with E-state index < -0.39 is 11.0 Å². The van der Waals surface area contributed by atoms with Crippen LogP contribution in [0.5, 0.6) is 0 Å². The van der Waals surface area contributed by atoms with E-state index in [0.29, 0.717) is 6.42 Å². The quantitative estimate of drug-likeness (QED) is 0.308. The molecule has 0 radical (unpaired) electrons. The van der Waals surface area contributed by atoms with E-state index in [0.717, 1.165) is 0 Å². The summed E-state index contributed by atoms with van der Waals surface area (Å²) in [6.07, 6.45) is 0.420. The van der Waals surface area contributed by atoms with E-state index in [4.69, 9.17) is 0 Å². The summed E-state index contributed by atoms with van der Waals surface area (Å²) in [7, 11) is 17.0. The highest BCUT2D eigenvalue weighted by Gasteiger charge is 2.65. The molecule has 10 heteroatoms. The van der Waals surface area contributed by atoms with Crippen LogP contribution in [0.3, 0.4) is 0 Å². The van der Waals surface area contributed by atoms with Crippen LogP contribution in [0.2, 0.25) is 20.9 Å². The smallest absolute Gasteiger partial charge is 0.152 e. The molecule has 1 saturated carbocycles. The zero-order valence-corrected chi connectivity index (χ0v) is 12.1. The minimum atomic E-state index is -1.60. The van der Waals surface area contributed by atoms with E-state index in [1.165, 1.54) is 0 Å². The van der Waals surface area contributed by atoms with Crippen LogP contribution in [-0.4, -0.2) is 78.8 Å². The lowest BCUT2D eigenvalue weighted by Gasteiger charge is -2.69. The molecular formula is C6H20B8O2.